The molecule has 0 saturated heterocycles. The van der Waals surface area contributed by atoms with Gasteiger partial charge in [0, 0.05) is 0 Å². The first-order valence-corrected chi connectivity index (χ1v) is 55.2. The van der Waals surface area contributed by atoms with E-state index in [0.29, 0.717) is 0 Å². The predicted octanol–water partition coefficient (Wildman–Crippen LogP) is 15.4. The molecule has 0 radical (unpaired) electrons. The molecule has 0 aliphatic carbocycles. The summed E-state index contributed by atoms with van der Waals surface area (Å²) in [5, 5.41) is 0. The molecule has 0 unspecified atom stereocenters. The van der Waals surface area contributed by atoms with E-state index in [1.165, 1.54) is 29.4 Å². The van der Waals surface area contributed by atoms with Crippen LogP contribution in [0.5, 0.6) is 0 Å². The summed E-state index contributed by atoms with van der Waals surface area (Å²) < 4.78 is 4.68. The Labute approximate surface area is 414 Å². The van der Waals surface area contributed by atoms with E-state index < -0.39 is 56.5 Å². The van der Waals surface area contributed by atoms with Crippen LogP contribution < -0.4 is 9.81 Å². The molecular weight excluding hydrogens is 1470 g/mol. The van der Waals surface area contributed by atoms with Gasteiger partial charge in [-0.25, -0.2) is 0 Å². The van der Waals surface area contributed by atoms with Gasteiger partial charge in [0.25, 0.3) is 0 Å². The molecule has 9 heteroatoms. The van der Waals surface area contributed by atoms with Crippen molar-refractivity contribution in [3.63, 3.8) is 0 Å². The Hall–Kier alpha value is -2.27. The first-order chi connectivity index (χ1) is 30.8. The van der Waals surface area contributed by atoms with Crippen molar-refractivity contribution >= 4 is 154 Å². The van der Waals surface area contributed by atoms with Gasteiger partial charge in [0.2, 0.25) is 0 Å². The van der Waals surface area contributed by atoms with E-state index in [-0.39, 0.29) is 0 Å². The molecule has 0 amide bonds. The predicted molar refractivity (Wildman–Crippen MR) is 297 cm³/mol. The van der Waals surface area contributed by atoms with E-state index >= 15 is 0 Å². The second-order valence-corrected chi connectivity index (χ2v) is 67.7. The first kappa shape index (κ1) is 48.7. The standard InChI is InChI=1S/6C8H8S.C6H3.3Bi/c6*1-2-7-3-5-8(9)6-4-7;1-2-4-6-5-3-1;;;/h6*2-6,9H,1H2;1,4-5H;;;/q;;;;;;;3*+2/p-6. The molecule has 0 atom stereocenters. The molecule has 7 rings (SSSR count). The van der Waals surface area contributed by atoms with E-state index in [2.05, 4.69) is 254 Å². The fourth-order valence-electron chi connectivity index (χ4n) is 5.83. The Kier molecular flexibility index (Phi) is 19.3. The van der Waals surface area contributed by atoms with Gasteiger partial charge in [0.05, 0.1) is 0 Å². The summed E-state index contributed by atoms with van der Waals surface area (Å²) in [6, 6.07) is 61.9. The molecular formula is C54H45Bi3S6. The van der Waals surface area contributed by atoms with E-state index in [1.54, 1.807) is 9.81 Å². The summed E-state index contributed by atoms with van der Waals surface area (Å²) in [7, 11) is 12.8. The van der Waals surface area contributed by atoms with Crippen molar-refractivity contribution in [3.05, 3.63) is 237 Å². The van der Waals surface area contributed by atoms with Crippen LogP contribution in [0.4, 0.5) is 0 Å². The van der Waals surface area contributed by atoms with E-state index in [0.717, 1.165) is 33.4 Å². The minimum atomic E-state index is -2.76. The van der Waals surface area contributed by atoms with Crippen molar-refractivity contribution in [1.29, 1.82) is 0 Å². The zero-order valence-corrected chi connectivity index (χ0v) is 49.9. The molecule has 7 aromatic rings. The third-order valence-corrected chi connectivity index (χ3v) is 70.4. The maximum atomic E-state index is 4.03. The quantitative estimate of drug-likeness (QED) is 0.0653. The fourth-order valence-corrected chi connectivity index (χ4v) is 72.7. The Bertz CT molecular complexity index is 2190. The van der Waals surface area contributed by atoms with Crippen LogP contribution in [-0.2, 0) is 0 Å². The third kappa shape index (κ3) is 14.4. The van der Waals surface area contributed by atoms with Crippen LogP contribution >= 0.6 is 51.1 Å². The fraction of sp³-hybridized carbons (Fsp3) is 0. The third-order valence-electron chi connectivity index (χ3n) is 9.34. The molecule has 0 heterocycles. The van der Waals surface area contributed by atoms with E-state index in [1.807, 2.05) is 36.5 Å². The first-order valence-electron chi connectivity index (χ1n) is 19.8. The van der Waals surface area contributed by atoms with Crippen LogP contribution in [0.3, 0.4) is 0 Å². The Morgan fingerprint density at radius 3 is 0.508 bits per heavy atom. The molecule has 0 nitrogen and oxygen atoms in total. The van der Waals surface area contributed by atoms with Gasteiger partial charge in [-0.3, -0.25) is 0 Å². The summed E-state index contributed by atoms with van der Waals surface area (Å²) in [6.45, 7) is 24.2. The average Bonchev–Trinajstić information content (AvgIpc) is 3.34. The van der Waals surface area contributed by atoms with Gasteiger partial charge in [0.1, 0.15) is 0 Å². The van der Waals surface area contributed by atoms with Gasteiger partial charge in [-0.1, -0.05) is 0 Å². The van der Waals surface area contributed by atoms with E-state index in [4.69, 9.17) is 0 Å². The van der Waals surface area contributed by atoms with Gasteiger partial charge in [-0.05, 0) is 0 Å². The maximum absolute atomic E-state index is 4.03. The number of benzene rings is 7. The topological polar surface area (TPSA) is 0 Å². The molecule has 0 aliphatic rings. The molecule has 0 N–H and O–H groups in total. The number of hydrogen-bond acceptors (Lipinski definition) is 6. The summed E-state index contributed by atoms with van der Waals surface area (Å²) in [5.41, 5.74) is 6.85. The number of hydrogen-bond donors (Lipinski definition) is 0. The monoisotopic (exact) mass is 1510 g/mol. The van der Waals surface area contributed by atoms with Crippen LogP contribution in [0.15, 0.2) is 233 Å². The molecule has 0 aromatic heterocycles. The molecule has 7 aromatic carbocycles. The van der Waals surface area contributed by atoms with Gasteiger partial charge < -0.3 is 0 Å². The van der Waals surface area contributed by atoms with Crippen LogP contribution in [0.1, 0.15) is 33.4 Å². The van der Waals surface area contributed by atoms with Crippen LogP contribution in [0, 0.1) is 0 Å². The summed E-state index contributed by atoms with van der Waals surface area (Å²) in [4.78, 5) is 7.92. The summed E-state index contributed by atoms with van der Waals surface area (Å²) in [5.74, 6) is 0. The molecule has 0 aliphatic heterocycles. The van der Waals surface area contributed by atoms with Crippen molar-refractivity contribution in [2.75, 3.05) is 0 Å². The zero-order valence-electron chi connectivity index (χ0n) is 34.6. The summed E-state index contributed by atoms with van der Waals surface area (Å²) in [6.07, 6.45) is 11.6. The minimum absolute atomic E-state index is 1.14. The van der Waals surface area contributed by atoms with Crippen molar-refractivity contribution in [1.82, 2.24) is 0 Å². The van der Waals surface area contributed by atoms with Crippen LogP contribution in [0.2, 0.25) is 0 Å². The molecule has 0 saturated carbocycles. The van der Waals surface area contributed by atoms with Crippen molar-refractivity contribution in [2.45, 2.75) is 29.4 Å². The average molecular weight is 1510 g/mol. The van der Waals surface area contributed by atoms with Gasteiger partial charge in [0.15, 0.2) is 0 Å². The van der Waals surface area contributed by atoms with Crippen molar-refractivity contribution in [3.8, 4) is 0 Å². The van der Waals surface area contributed by atoms with Crippen molar-refractivity contribution in [2.24, 2.45) is 0 Å². The zero-order chi connectivity index (χ0) is 44.0. The van der Waals surface area contributed by atoms with Crippen molar-refractivity contribution < 1.29 is 0 Å². The Balaban J connectivity index is 1.41. The molecule has 312 valence electrons. The Morgan fingerprint density at radius 2 is 0.381 bits per heavy atom. The second kappa shape index (κ2) is 25.0. The molecule has 0 spiro atoms. The normalized spacial score (nSPS) is 11.1. The number of rotatable bonds is 21. The molecule has 63 heavy (non-hydrogen) atoms. The van der Waals surface area contributed by atoms with E-state index in [9.17, 15) is 0 Å². The van der Waals surface area contributed by atoms with Crippen LogP contribution in [-0.4, -0.2) is 56.5 Å². The van der Waals surface area contributed by atoms with Gasteiger partial charge in [-0.15, -0.1) is 0 Å². The molecule has 0 bridgehead atoms. The van der Waals surface area contributed by atoms with Gasteiger partial charge in [-0.2, -0.15) is 0 Å². The SMILES string of the molecule is C=Cc1ccc([S][Bi]([S]c2ccc(C=C)cc2)[c]2c[c]([Bi]([S]c3ccc(C=C)cc3)[S]c3ccc(C=C)cc3)c[c]([Bi]([S]c3ccc(C=C)cc3)[S]c3ccc(C=C)cc3)c2)cc1. The molecule has 0 fully saturated rings. The summed E-state index contributed by atoms with van der Waals surface area (Å²) >= 11 is -8.27. The Morgan fingerprint density at radius 1 is 0.238 bits per heavy atom. The second-order valence-electron chi connectivity index (χ2n) is 13.7. The van der Waals surface area contributed by atoms with Gasteiger partial charge >= 0.3 is 420 Å². The van der Waals surface area contributed by atoms with Crippen LogP contribution in [0.25, 0.3) is 36.5 Å².